The summed E-state index contributed by atoms with van der Waals surface area (Å²) in [5.74, 6) is -1.14. The van der Waals surface area contributed by atoms with Crippen LogP contribution in [0.25, 0.3) is 0 Å². The van der Waals surface area contributed by atoms with Gasteiger partial charge in [-0.1, -0.05) is 30.7 Å². The topological polar surface area (TPSA) is 96.0 Å². The van der Waals surface area contributed by atoms with E-state index in [0.29, 0.717) is 17.7 Å². The van der Waals surface area contributed by atoms with Gasteiger partial charge in [-0.15, -0.1) is 0 Å². The van der Waals surface area contributed by atoms with Crippen molar-refractivity contribution in [3.63, 3.8) is 0 Å². The number of nitrogens with zero attached hydrogens (tertiary/aromatic N) is 2. The lowest BCUT2D eigenvalue weighted by Crippen LogP contribution is -2.51. The number of ether oxygens (including phenoxy) is 1. The first-order valence-electron chi connectivity index (χ1n) is 10.1. The molecule has 0 saturated carbocycles. The van der Waals surface area contributed by atoms with Crippen molar-refractivity contribution in [1.29, 1.82) is 0 Å². The number of hydrogen-bond donors (Lipinski definition) is 1. The quantitative estimate of drug-likeness (QED) is 0.542. The Hall–Kier alpha value is -2.85. The molecule has 11 heteroatoms. The molecule has 0 heterocycles. The first-order valence-corrected chi connectivity index (χ1v) is 12.3. The van der Waals surface area contributed by atoms with E-state index in [9.17, 15) is 22.4 Å². The van der Waals surface area contributed by atoms with Gasteiger partial charge in [-0.2, -0.15) is 0 Å². The number of hydrogen-bond acceptors (Lipinski definition) is 5. The van der Waals surface area contributed by atoms with Crippen molar-refractivity contribution in [3.8, 4) is 5.75 Å². The lowest BCUT2D eigenvalue weighted by molar-refractivity contribution is -0.140. The van der Waals surface area contributed by atoms with E-state index in [2.05, 4.69) is 5.32 Å². The zero-order valence-electron chi connectivity index (χ0n) is 18.8. The van der Waals surface area contributed by atoms with Gasteiger partial charge < -0.3 is 15.0 Å². The summed E-state index contributed by atoms with van der Waals surface area (Å²) in [4.78, 5) is 27.2. The first-order chi connectivity index (χ1) is 15.5. The third-order valence-electron chi connectivity index (χ3n) is 4.99. The van der Waals surface area contributed by atoms with E-state index in [4.69, 9.17) is 16.3 Å². The van der Waals surface area contributed by atoms with Gasteiger partial charge in [-0.05, 0) is 42.3 Å². The number of benzene rings is 2. The van der Waals surface area contributed by atoms with Crippen molar-refractivity contribution in [2.75, 3.05) is 31.3 Å². The summed E-state index contributed by atoms with van der Waals surface area (Å²) in [6.45, 7) is 1.20. The van der Waals surface area contributed by atoms with Crippen LogP contribution in [0, 0.1) is 5.82 Å². The highest BCUT2D eigenvalue weighted by atomic mass is 35.5. The number of halogens is 2. The van der Waals surface area contributed by atoms with Gasteiger partial charge in [0.2, 0.25) is 21.8 Å². The van der Waals surface area contributed by atoms with E-state index >= 15 is 0 Å². The predicted molar refractivity (Wildman–Crippen MR) is 125 cm³/mol. The first kappa shape index (κ1) is 26.4. The number of methoxy groups -OCH3 is 1. The van der Waals surface area contributed by atoms with E-state index in [0.717, 1.165) is 22.7 Å². The minimum atomic E-state index is -3.93. The molecule has 8 nitrogen and oxygen atoms in total. The number of carbonyl (C=O) groups is 2. The average molecular weight is 500 g/mol. The van der Waals surface area contributed by atoms with Crippen molar-refractivity contribution in [3.05, 3.63) is 58.9 Å². The van der Waals surface area contributed by atoms with E-state index < -0.39 is 34.3 Å². The van der Waals surface area contributed by atoms with Crippen LogP contribution in [0.1, 0.15) is 18.9 Å². The minimum Gasteiger partial charge on any atom is -0.497 e. The summed E-state index contributed by atoms with van der Waals surface area (Å²) in [5.41, 5.74) is 0.729. The number of rotatable bonds is 10. The normalized spacial score (nSPS) is 12.1. The zero-order chi connectivity index (χ0) is 24.8. The lowest BCUT2D eigenvalue weighted by atomic mass is 10.1. The number of sulfonamides is 1. The Morgan fingerprint density at radius 1 is 1.21 bits per heavy atom. The minimum absolute atomic E-state index is 0.0339. The van der Waals surface area contributed by atoms with Crippen molar-refractivity contribution in [2.45, 2.75) is 25.9 Å². The molecule has 2 aromatic carbocycles. The smallest absolute Gasteiger partial charge is 0.244 e. The Morgan fingerprint density at radius 2 is 1.91 bits per heavy atom. The monoisotopic (exact) mass is 499 g/mol. The maximum absolute atomic E-state index is 13.6. The van der Waals surface area contributed by atoms with E-state index in [1.807, 2.05) is 0 Å². The number of likely N-dealkylation sites (N-methyl/N-ethyl adjacent to an activating group) is 1. The molecule has 2 amide bonds. The molecule has 33 heavy (non-hydrogen) atoms. The van der Waals surface area contributed by atoms with Gasteiger partial charge in [0.25, 0.3) is 0 Å². The van der Waals surface area contributed by atoms with Crippen molar-refractivity contribution in [2.24, 2.45) is 0 Å². The fourth-order valence-corrected chi connectivity index (χ4v) is 4.32. The largest absolute Gasteiger partial charge is 0.497 e. The number of amides is 2. The third kappa shape index (κ3) is 6.82. The van der Waals surface area contributed by atoms with E-state index in [1.165, 1.54) is 25.1 Å². The molecular formula is C22H27ClFN3O5S. The number of anilines is 1. The van der Waals surface area contributed by atoms with Crippen molar-refractivity contribution < 1.29 is 27.1 Å². The van der Waals surface area contributed by atoms with Crippen LogP contribution in [0.5, 0.6) is 5.75 Å². The molecule has 0 aliphatic carbocycles. The van der Waals surface area contributed by atoms with E-state index in [1.54, 1.807) is 31.2 Å². The molecule has 0 spiro atoms. The standard InChI is InChI=1S/C22H27ClFN3O5S/c1-5-20(22(29)25-2)26(13-15-7-6-8-17(11-15)32-3)21(28)14-27(33(4,30)31)16-9-10-19(24)18(23)12-16/h6-12,20H,5,13-14H2,1-4H3,(H,25,29)/t20-/m1/s1. The number of carbonyl (C=O) groups excluding carboxylic acids is 2. The maximum Gasteiger partial charge on any atom is 0.244 e. The van der Waals surface area contributed by atoms with Gasteiger partial charge in [0, 0.05) is 13.6 Å². The summed E-state index contributed by atoms with van der Waals surface area (Å²) < 4.78 is 44.6. The Labute approximate surface area is 198 Å². The summed E-state index contributed by atoms with van der Waals surface area (Å²) >= 11 is 5.82. The summed E-state index contributed by atoms with van der Waals surface area (Å²) in [7, 11) is -0.960. The van der Waals surface area contributed by atoms with Gasteiger partial charge in [0.1, 0.15) is 24.2 Å². The van der Waals surface area contributed by atoms with Crippen LogP contribution in [0.4, 0.5) is 10.1 Å². The molecule has 0 bridgehead atoms. The second-order valence-corrected chi connectivity index (χ2v) is 9.59. The number of nitrogens with one attached hydrogen (secondary N) is 1. The molecule has 1 atom stereocenters. The van der Waals surface area contributed by atoms with Gasteiger partial charge in [-0.3, -0.25) is 13.9 Å². The third-order valence-corrected chi connectivity index (χ3v) is 6.42. The summed E-state index contributed by atoms with van der Waals surface area (Å²) in [6.07, 6.45) is 1.23. The molecule has 0 aromatic heterocycles. The lowest BCUT2D eigenvalue weighted by Gasteiger charge is -2.32. The second kappa shape index (κ2) is 11.3. The highest BCUT2D eigenvalue weighted by Crippen LogP contribution is 2.25. The van der Waals surface area contributed by atoms with E-state index in [-0.39, 0.29) is 23.2 Å². The van der Waals surface area contributed by atoms with Gasteiger partial charge in [0.05, 0.1) is 24.1 Å². The molecule has 0 saturated heterocycles. The van der Waals surface area contributed by atoms with Gasteiger partial charge in [-0.25, -0.2) is 12.8 Å². The van der Waals surface area contributed by atoms with Crippen LogP contribution < -0.4 is 14.4 Å². The van der Waals surface area contributed by atoms with Crippen LogP contribution in [-0.4, -0.2) is 58.1 Å². The molecule has 1 N–H and O–H groups in total. The SMILES string of the molecule is CC[C@H](C(=O)NC)N(Cc1cccc(OC)c1)C(=O)CN(c1ccc(F)c(Cl)c1)S(C)(=O)=O. The highest BCUT2D eigenvalue weighted by molar-refractivity contribution is 7.92. The molecule has 0 fully saturated rings. The Balaban J connectivity index is 2.45. The van der Waals surface area contributed by atoms with Crippen molar-refractivity contribution in [1.82, 2.24) is 10.2 Å². The van der Waals surface area contributed by atoms with Gasteiger partial charge in [0.15, 0.2) is 0 Å². The molecule has 2 aromatic rings. The van der Waals surface area contributed by atoms with Crippen LogP contribution >= 0.6 is 11.6 Å². The molecule has 180 valence electrons. The van der Waals surface area contributed by atoms with Crippen LogP contribution in [0.3, 0.4) is 0 Å². The van der Waals surface area contributed by atoms with Crippen LogP contribution in [-0.2, 0) is 26.2 Å². The maximum atomic E-state index is 13.6. The molecule has 2 rings (SSSR count). The fraction of sp³-hybridized carbons (Fsp3) is 0.364. The molecular weight excluding hydrogens is 473 g/mol. The van der Waals surface area contributed by atoms with Crippen LogP contribution in [0.15, 0.2) is 42.5 Å². The predicted octanol–water partition coefficient (Wildman–Crippen LogP) is 2.81. The molecule has 0 aliphatic rings. The molecule has 0 aliphatic heterocycles. The second-order valence-electron chi connectivity index (χ2n) is 7.28. The van der Waals surface area contributed by atoms with Crippen molar-refractivity contribution >= 4 is 39.1 Å². The van der Waals surface area contributed by atoms with Crippen LogP contribution in [0.2, 0.25) is 5.02 Å². The molecule has 0 unspecified atom stereocenters. The zero-order valence-corrected chi connectivity index (χ0v) is 20.4. The Morgan fingerprint density at radius 3 is 2.45 bits per heavy atom. The Kier molecular flexibility index (Phi) is 9.07. The molecule has 0 radical (unpaired) electrons. The highest BCUT2D eigenvalue weighted by Gasteiger charge is 2.31. The van der Waals surface area contributed by atoms with Gasteiger partial charge >= 0.3 is 0 Å². The average Bonchev–Trinajstić information content (AvgIpc) is 2.78. The fourth-order valence-electron chi connectivity index (χ4n) is 3.31. The Bertz CT molecular complexity index is 1110. The summed E-state index contributed by atoms with van der Waals surface area (Å²) in [5, 5.41) is 2.26. The summed E-state index contributed by atoms with van der Waals surface area (Å²) in [6, 6.07) is 9.53.